The molecular formula is C14H21ClN4O2. The third-order valence-electron chi connectivity index (χ3n) is 2.97. The van der Waals surface area contributed by atoms with Crippen LogP contribution in [0.1, 0.15) is 19.8 Å². The Morgan fingerprint density at radius 3 is 2.67 bits per heavy atom. The van der Waals surface area contributed by atoms with Crippen molar-refractivity contribution in [2.75, 3.05) is 30.7 Å². The minimum atomic E-state index is -0.366. The average Bonchev–Trinajstić information content (AvgIpc) is 2.40. The molecule has 0 aliphatic heterocycles. The summed E-state index contributed by atoms with van der Waals surface area (Å²) in [6.45, 7) is 3.51. The highest BCUT2D eigenvalue weighted by Crippen LogP contribution is 2.24. The zero-order valence-electron chi connectivity index (χ0n) is 12.1. The van der Waals surface area contributed by atoms with Gasteiger partial charge >= 0.3 is 0 Å². The number of carbonyl (C=O) groups is 2. The topological polar surface area (TPSA) is 101 Å². The van der Waals surface area contributed by atoms with Crippen LogP contribution in [-0.4, -0.2) is 36.3 Å². The summed E-state index contributed by atoms with van der Waals surface area (Å²) in [5.74, 6) is -0.494. The third-order valence-corrected chi connectivity index (χ3v) is 3.28. The fourth-order valence-corrected chi connectivity index (χ4v) is 2.11. The molecule has 0 fully saturated rings. The van der Waals surface area contributed by atoms with Gasteiger partial charge in [-0.1, -0.05) is 18.5 Å². The van der Waals surface area contributed by atoms with E-state index in [1.165, 1.54) is 0 Å². The van der Waals surface area contributed by atoms with E-state index in [4.69, 9.17) is 23.1 Å². The Kier molecular flexibility index (Phi) is 6.98. The summed E-state index contributed by atoms with van der Waals surface area (Å²) in [5, 5.41) is 3.14. The number of benzene rings is 1. The number of nitrogens with zero attached hydrogens (tertiary/aromatic N) is 1. The van der Waals surface area contributed by atoms with Crippen molar-refractivity contribution in [1.29, 1.82) is 0 Å². The normalized spacial score (nSPS) is 10.6. The molecule has 1 aromatic rings. The molecule has 6 nitrogen and oxygen atoms in total. The fraction of sp³-hybridized carbons (Fsp3) is 0.429. The Labute approximate surface area is 129 Å². The molecule has 116 valence electrons. The van der Waals surface area contributed by atoms with Gasteiger partial charge in [-0.25, -0.2) is 0 Å². The van der Waals surface area contributed by atoms with Gasteiger partial charge in [-0.05, 0) is 37.7 Å². The first-order chi connectivity index (χ1) is 9.92. The van der Waals surface area contributed by atoms with Crippen molar-refractivity contribution in [3.63, 3.8) is 0 Å². The first-order valence-electron chi connectivity index (χ1n) is 6.78. The number of halogens is 1. The molecule has 2 amide bonds. The Morgan fingerprint density at radius 1 is 1.38 bits per heavy atom. The number of nitrogen functional groups attached to an aromatic ring is 1. The minimum Gasteiger partial charge on any atom is -0.399 e. The molecular weight excluding hydrogens is 292 g/mol. The number of nitrogens with two attached hydrogens (primary N) is 2. The molecule has 5 N–H and O–H groups in total. The Hall–Kier alpha value is -1.79. The molecule has 0 spiro atoms. The zero-order chi connectivity index (χ0) is 15.8. The maximum atomic E-state index is 11.8. The van der Waals surface area contributed by atoms with Crippen LogP contribution in [0.2, 0.25) is 5.02 Å². The van der Waals surface area contributed by atoms with E-state index in [9.17, 15) is 9.59 Å². The third kappa shape index (κ3) is 6.46. The van der Waals surface area contributed by atoms with Crippen LogP contribution >= 0.6 is 11.6 Å². The van der Waals surface area contributed by atoms with Crippen molar-refractivity contribution in [2.45, 2.75) is 19.8 Å². The molecule has 0 atom stereocenters. The molecule has 1 rings (SSSR count). The van der Waals surface area contributed by atoms with E-state index in [0.717, 1.165) is 0 Å². The number of primary amides is 1. The van der Waals surface area contributed by atoms with Crippen LogP contribution in [0, 0.1) is 0 Å². The van der Waals surface area contributed by atoms with E-state index >= 15 is 0 Å². The van der Waals surface area contributed by atoms with E-state index in [1.807, 2.05) is 11.8 Å². The summed E-state index contributed by atoms with van der Waals surface area (Å²) in [6, 6.07) is 4.93. The van der Waals surface area contributed by atoms with Crippen LogP contribution in [0.15, 0.2) is 18.2 Å². The highest BCUT2D eigenvalue weighted by Gasteiger charge is 2.09. The van der Waals surface area contributed by atoms with Gasteiger partial charge in [-0.15, -0.1) is 0 Å². The molecule has 0 aliphatic carbocycles. The summed E-state index contributed by atoms with van der Waals surface area (Å²) < 4.78 is 0. The highest BCUT2D eigenvalue weighted by atomic mass is 35.5. The van der Waals surface area contributed by atoms with Gasteiger partial charge in [0.25, 0.3) is 0 Å². The van der Waals surface area contributed by atoms with Gasteiger partial charge in [0.2, 0.25) is 11.8 Å². The smallest absolute Gasteiger partial charge is 0.231 e. The fourth-order valence-electron chi connectivity index (χ4n) is 1.88. The summed E-state index contributed by atoms with van der Waals surface area (Å²) >= 11 is 5.98. The molecule has 1 aromatic carbocycles. The van der Waals surface area contributed by atoms with E-state index in [-0.39, 0.29) is 18.4 Å². The monoisotopic (exact) mass is 312 g/mol. The Bertz CT molecular complexity index is 508. The number of nitrogens with one attached hydrogen (secondary N) is 1. The van der Waals surface area contributed by atoms with Gasteiger partial charge in [0.15, 0.2) is 0 Å². The molecule has 0 radical (unpaired) electrons. The maximum absolute atomic E-state index is 11.8. The van der Waals surface area contributed by atoms with Gasteiger partial charge in [0.1, 0.15) is 0 Å². The van der Waals surface area contributed by atoms with E-state index in [2.05, 4.69) is 5.32 Å². The van der Waals surface area contributed by atoms with Crippen LogP contribution in [-0.2, 0) is 9.59 Å². The molecule has 0 saturated carbocycles. The minimum absolute atomic E-state index is 0.128. The molecule has 0 aromatic heterocycles. The van der Waals surface area contributed by atoms with Crippen molar-refractivity contribution in [3.05, 3.63) is 23.2 Å². The van der Waals surface area contributed by atoms with Crippen LogP contribution in [0.5, 0.6) is 0 Å². The van der Waals surface area contributed by atoms with Gasteiger partial charge in [-0.3, -0.25) is 14.5 Å². The number of hydrogen-bond donors (Lipinski definition) is 3. The van der Waals surface area contributed by atoms with Gasteiger partial charge < -0.3 is 16.8 Å². The first-order valence-corrected chi connectivity index (χ1v) is 7.15. The van der Waals surface area contributed by atoms with Crippen molar-refractivity contribution in [3.8, 4) is 0 Å². The second-order valence-corrected chi connectivity index (χ2v) is 5.13. The molecule has 7 heteroatoms. The number of hydrogen-bond acceptors (Lipinski definition) is 4. The van der Waals surface area contributed by atoms with E-state index in [0.29, 0.717) is 42.3 Å². The number of carbonyl (C=O) groups excluding carboxylic acids is 2. The number of rotatable bonds is 8. The van der Waals surface area contributed by atoms with Crippen molar-refractivity contribution < 1.29 is 9.59 Å². The van der Waals surface area contributed by atoms with Gasteiger partial charge in [-0.2, -0.15) is 0 Å². The molecule has 0 heterocycles. The van der Waals surface area contributed by atoms with Crippen LogP contribution in [0.25, 0.3) is 0 Å². The van der Waals surface area contributed by atoms with Crippen molar-refractivity contribution >= 4 is 34.8 Å². The molecule has 21 heavy (non-hydrogen) atoms. The van der Waals surface area contributed by atoms with Crippen molar-refractivity contribution in [1.82, 2.24) is 4.90 Å². The van der Waals surface area contributed by atoms with E-state index in [1.54, 1.807) is 18.2 Å². The predicted molar refractivity (Wildman–Crippen MR) is 85.0 cm³/mol. The second-order valence-electron chi connectivity index (χ2n) is 4.73. The number of anilines is 2. The first kappa shape index (κ1) is 17.3. The Morgan fingerprint density at radius 2 is 2.10 bits per heavy atom. The average molecular weight is 313 g/mol. The predicted octanol–water partition coefficient (Wildman–Crippen LogP) is 1.45. The largest absolute Gasteiger partial charge is 0.399 e. The lowest BCUT2D eigenvalue weighted by Crippen LogP contribution is -2.34. The SMILES string of the molecule is CCN(CCCC(=O)Nc1ccc(N)cc1Cl)CC(N)=O. The van der Waals surface area contributed by atoms with Crippen LogP contribution in [0.3, 0.4) is 0 Å². The van der Waals surface area contributed by atoms with Crippen LogP contribution in [0.4, 0.5) is 11.4 Å². The lowest BCUT2D eigenvalue weighted by atomic mass is 10.2. The van der Waals surface area contributed by atoms with Crippen molar-refractivity contribution in [2.24, 2.45) is 5.73 Å². The molecule has 0 bridgehead atoms. The molecule has 0 aliphatic rings. The lowest BCUT2D eigenvalue weighted by Gasteiger charge is -2.18. The summed E-state index contributed by atoms with van der Waals surface area (Å²) in [7, 11) is 0. The standard InChI is InChI=1S/C14H21ClN4O2/c1-2-19(9-13(17)20)7-3-4-14(21)18-12-6-5-10(16)8-11(12)15/h5-6,8H,2-4,7,9,16H2,1H3,(H2,17,20)(H,18,21). The zero-order valence-corrected chi connectivity index (χ0v) is 12.8. The molecule has 0 unspecified atom stereocenters. The summed E-state index contributed by atoms with van der Waals surface area (Å²) in [6.07, 6.45) is 0.982. The maximum Gasteiger partial charge on any atom is 0.231 e. The van der Waals surface area contributed by atoms with E-state index < -0.39 is 0 Å². The van der Waals surface area contributed by atoms with Gasteiger partial charge in [0, 0.05) is 12.1 Å². The lowest BCUT2D eigenvalue weighted by molar-refractivity contribution is -0.119. The number of likely N-dealkylation sites (N-methyl/N-ethyl adjacent to an activating group) is 1. The molecule has 0 saturated heterocycles. The number of amides is 2. The second kappa shape index (κ2) is 8.49. The summed E-state index contributed by atoms with van der Waals surface area (Å²) in [5.41, 5.74) is 11.8. The van der Waals surface area contributed by atoms with Crippen LogP contribution < -0.4 is 16.8 Å². The van der Waals surface area contributed by atoms with Gasteiger partial charge in [0.05, 0.1) is 17.3 Å². The quantitative estimate of drug-likeness (QED) is 0.632. The Balaban J connectivity index is 2.38. The highest BCUT2D eigenvalue weighted by molar-refractivity contribution is 6.34. The summed E-state index contributed by atoms with van der Waals surface area (Å²) in [4.78, 5) is 24.6.